The van der Waals surface area contributed by atoms with Gasteiger partial charge in [0.05, 0.1) is 29.3 Å². The highest BCUT2D eigenvalue weighted by Gasteiger charge is 2.34. The number of fused-ring (bicyclic) bond motifs is 1. The van der Waals surface area contributed by atoms with Crippen LogP contribution in [0.25, 0.3) is 16.6 Å². The van der Waals surface area contributed by atoms with Crippen molar-refractivity contribution in [1.29, 1.82) is 0 Å². The number of nitrogen functional groups attached to an aromatic ring is 1. The second-order valence-electron chi connectivity index (χ2n) is 8.40. The Bertz CT molecular complexity index is 1210. The van der Waals surface area contributed by atoms with Crippen molar-refractivity contribution in [2.75, 3.05) is 12.3 Å². The number of hydrogen-bond acceptors (Lipinski definition) is 6. The van der Waals surface area contributed by atoms with Crippen LogP contribution in [0.2, 0.25) is 0 Å². The Labute approximate surface area is 173 Å². The van der Waals surface area contributed by atoms with Crippen LogP contribution in [0.4, 0.5) is 14.6 Å². The predicted molar refractivity (Wildman–Crippen MR) is 110 cm³/mol. The van der Waals surface area contributed by atoms with Crippen molar-refractivity contribution in [1.82, 2.24) is 14.6 Å². The molecule has 0 aliphatic rings. The van der Waals surface area contributed by atoms with E-state index in [0.717, 1.165) is 6.07 Å². The van der Waals surface area contributed by atoms with E-state index in [9.17, 15) is 17.2 Å². The van der Waals surface area contributed by atoms with Gasteiger partial charge in [0.15, 0.2) is 27.2 Å². The Morgan fingerprint density at radius 2 is 1.87 bits per heavy atom. The molecule has 3 rings (SSSR count). The molecule has 0 saturated carbocycles. The lowest BCUT2D eigenvalue weighted by atomic mass is 10.1. The number of sulfone groups is 1. The molecule has 0 amide bonds. The number of rotatable bonds is 5. The summed E-state index contributed by atoms with van der Waals surface area (Å²) in [7, 11) is -3.82. The van der Waals surface area contributed by atoms with Gasteiger partial charge >= 0.3 is 0 Å². The molecule has 0 spiro atoms. The van der Waals surface area contributed by atoms with E-state index < -0.39 is 32.2 Å². The third kappa shape index (κ3) is 3.83. The van der Waals surface area contributed by atoms with Gasteiger partial charge in [-0.3, -0.25) is 0 Å². The van der Waals surface area contributed by atoms with Crippen LogP contribution < -0.4 is 10.5 Å². The third-order valence-electron chi connectivity index (χ3n) is 4.50. The Hall–Kier alpha value is -2.75. The largest absolute Gasteiger partial charge is 0.490 e. The molecular weight excluding hydrogens is 414 g/mol. The second-order valence-corrected chi connectivity index (χ2v) is 11.1. The first-order chi connectivity index (χ1) is 13.8. The van der Waals surface area contributed by atoms with Gasteiger partial charge in [-0.05, 0) is 38.8 Å². The monoisotopic (exact) mass is 438 g/mol. The maximum atomic E-state index is 14.4. The topological polar surface area (TPSA) is 99.6 Å². The number of aromatic nitrogens is 3. The lowest BCUT2D eigenvalue weighted by Gasteiger charge is -2.22. The minimum Gasteiger partial charge on any atom is -0.490 e. The highest BCUT2D eigenvalue weighted by Crippen LogP contribution is 2.36. The van der Waals surface area contributed by atoms with Crippen molar-refractivity contribution >= 4 is 21.2 Å². The summed E-state index contributed by atoms with van der Waals surface area (Å²) in [4.78, 5) is 3.32. The summed E-state index contributed by atoms with van der Waals surface area (Å²) in [6, 6.07) is 2.28. The zero-order valence-electron chi connectivity index (χ0n) is 17.4. The number of pyridine rings is 2. The molecule has 30 heavy (non-hydrogen) atoms. The first-order valence-corrected chi connectivity index (χ1v) is 10.8. The fourth-order valence-corrected chi connectivity index (χ4v) is 4.07. The average Bonchev–Trinajstić information content (AvgIpc) is 3.03. The molecule has 162 valence electrons. The van der Waals surface area contributed by atoms with Crippen LogP contribution in [0, 0.1) is 17.7 Å². The van der Waals surface area contributed by atoms with Crippen LogP contribution in [0.3, 0.4) is 0 Å². The molecule has 0 atom stereocenters. The van der Waals surface area contributed by atoms with Gasteiger partial charge in [0.1, 0.15) is 4.90 Å². The summed E-state index contributed by atoms with van der Waals surface area (Å²) in [5.41, 5.74) is 5.59. The van der Waals surface area contributed by atoms with Crippen LogP contribution in [-0.2, 0) is 9.84 Å². The third-order valence-corrected chi connectivity index (χ3v) is 7.01. The van der Waals surface area contributed by atoms with Gasteiger partial charge in [-0.2, -0.15) is 14.5 Å². The number of halogens is 2. The molecule has 0 aromatic carbocycles. The van der Waals surface area contributed by atoms with E-state index >= 15 is 0 Å². The van der Waals surface area contributed by atoms with Crippen LogP contribution in [0.5, 0.6) is 5.75 Å². The minimum atomic E-state index is -3.82. The maximum Gasteiger partial charge on any atom is 0.223 e. The maximum absolute atomic E-state index is 14.4. The summed E-state index contributed by atoms with van der Waals surface area (Å²) in [6.07, 6.45) is 2.74. The van der Waals surface area contributed by atoms with Crippen molar-refractivity contribution in [3.63, 3.8) is 0 Å². The molecule has 0 saturated heterocycles. The van der Waals surface area contributed by atoms with Crippen LogP contribution in [-0.4, -0.2) is 34.4 Å². The summed E-state index contributed by atoms with van der Waals surface area (Å²) in [5.74, 6) is -2.12. The van der Waals surface area contributed by atoms with Gasteiger partial charge < -0.3 is 10.5 Å². The molecule has 0 aliphatic heterocycles. The first-order valence-electron chi connectivity index (χ1n) is 9.33. The number of ether oxygens (including phenoxy) is 1. The zero-order chi connectivity index (χ0) is 22.4. The fraction of sp³-hybridized carbons (Fsp3) is 0.400. The van der Waals surface area contributed by atoms with Crippen molar-refractivity contribution in [2.24, 2.45) is 5.92 Å². The van der Waals surface area contributed by atoms with Crippen molar-refractivity contribution in [3.05, 3.63) is 36.3 Å². The molecule has 0 aliphatic carbocycles. The van der Waals surface area contributed by atoms with Gasteiger partial charge in [0.2, 0.25) is 5.95 Å². The van der Waals surface area contributed by atoms with E-state index in [1.54, 1.807) is 20.8 Å². The molecule has 3 heterocycles. The van der Waals surface area contributed by atoms with Crippen LogP contribution in [0.1, 0.15) is 34.6 Å². The SMILES string of the molecule is CC(C)COc1cn2ncc(-c3cc(F)c(N)nc3F)c2cc1S(=O)(=O)C(C)(C)C. The van der Waals surface area contributed by atoms with Gasteiger partial charge in [-0.1, -0.05) is 13.8 Å². The first kappa shape index (κ1) is 21.9. The van der Waals surface area contributed by atoms with Gasteiger partial charge in [0.25, 0.3) is 0 Å². The Kier molecular flexibility index (Phi) is 5.48. The summed E-state index contributed by atoms with van der Waals surface area (Å²) >= 11 is 0. The van der Waals surface area contributed by atoms with Crippen molar-refractivity contribution < 1.29 is 21.9 Å². The standard InChI is InChI=1S/C20H24F2N4O3S/c1-11(2)10-29-16-9-26-15(7-17(16)30(27,28)20(3,4)5)13(8-24-26)12-6-14(21)19(23)25-18(12)22/h6-9,11H,10H2,1-5H3,(H2,23,25). The molecule has 0 bridgehead atoms. The van der Waals surface area contributed by atoms with E-state index in [-0.39, 0.29) is 33.2 Å². The van der Waals surface area contributed by atoms with Crippen LogP contribution in [0.15, 0.2) is 29.4 Å². The highest BCUT2D eigenvalue weighted by atomic mass is 32.2. The molecule has 10 heteroatoms. The van der Waals surface area contributed by atoms with Gasteiger partial charge in [-0.25, -0.2) is 17.3 Å². The second kappa shape index (κ2) is 7.50. The van der Waals surface area contributed by atoms with Crippen molar-refractivity contribution in [2.45, 2.75) is 44.3 Å². The molecule has 7 nitrogen and oxygen atoms in total. The summed E-state index contributed by atoms with van der Waals surface area (Å²) in [6.45, 7) is 8.91. The molecule has 0 unspecified atom stereocenters. The quantitative estimate of drug-likeness (QED) is 0.607. The normalized spacial score (nSPS) is 12.7. The van der Waals surface area contributed by atoms with Gasteiger partial charge in [0, 0.05) is 11.1 Å². The van der Waals surface area contributed by atoms with E-state index in [2.05, 4.69) is 10.1 Å². The van der Waals surface area contributed by atoms with E-state index in [4.69, 9.17) is 10.5 Å². The Morgan fingerprint density at radius 1 is 1.20 bits per heavy atom. The number of anilines is 1. The number of nitrogens with two attached hydrogens (primary N) is 1. The molecule has 0 fully saturated rings. The molecule has 3 aromatic heterocycles. The summed E-state index contributed by atoms with van der Waals surface area (Å²) < 4.78 is 60.8. The Balaban J connectivity index is 2.29. The number of nitrogens with zero attached hydrogens (tertiary/aromatic N) is 3. The van der Waals surface area contributed by atoms with E-state index in [1.807, 2.05) is 13.8 Å². The predicted octanol–water partition coefficient (Wildman–Crippen LogP) is 3.86. The van der Waals surface area contributed by atoms with Crippen LogP contribution >= 0.6 is 0 Å². The molecule has 2 N–H and O–H groups in total. The highest BCUT2D eigenvalue weighted by molar-refractivity contribution is 7.92. The van der Waals surface area contributed by atoms with Gasteiger partial charge in [-0.15, -0.1) is 0 Å². The Morgan fingerprint density at radius 3 is 2.47 bits per heavy atom. The van der Waals surface area contributed by atoms with Crippen molar-refractivity contribution in [3.8, 4) is 16.9 Å². The molecular formula is C20H24F2N4O3S. The van der Waals surface area contributed by atoms with E-state index in [1.165, 1.54) is 23.0 Å². The smallest absolute Gasteiger partial charge is 0.223 e. The van der Waals surface area contributed by atoms with E-state index in [0.29, 0.717) is 6.61 Å². The lowest BCUT2D eigenvalue weighted by Crippen LogP contribution is -2.28. The average molecular weight is 439 g/mol. The molecule has 3 aromatic rings. The number of hydrogen-bond donors (Lipinski definition) is 1. The lowest BCUT2D eigenvalue weighted by molar-refractivity contribution is 0.263. The molecule has 0 radical (unpaired) electrons. The fourth-order valence-electron chi connectivity index (χ4n) is 2.77. The minimum absolute atomic E-state index is 0.0471. The summed E-state index contributed by atoms with van der Waals surface area (Å²) in [5, 5.41) is 4.16. The zero-order valence-corrected chi connectivity index (χ0v) is 18.2.